The predicted molar refractivity (Wildman–Crippen MR) is 93.2 cm³/mol. The molecule has 0 radical (unpaired) electrons. The van der Waals surface area contributed by atoms with Crippen molar-refractivity contribution in [1.82, 2.24) is 9.80 Å². The summed E-state index contributed by atoms with van der Waals surface area (Å²) < 4.78 is 0. The Morgan fingerprint density at radius 2 is 2.04 bits per heavy atom. The van der Waals surface area contributed by atoms with Gasteiger partial charge in [-0.25, -0.2) is 0 Å². The summed E-state index contributed by atoms with van der Waals surface area (Å²) in [5.74, 6) is 0.195. The van der Waals surface area contributed by atoms with E-state index in [0.29, 0.717) is 0 Å². The SMILES string of the molecule is CN1CCN(Cc2cccc(NC(=O)C3CCC(N)C3)c2)CC1. The summed E-state index contributed by atoms with van der Waals surface area (Å²) in [5, 5.41) is 3.07. The summed E-state index contributed by atoms with van der Waals surface area (Å²) in [6.07, 6.45) is 2.68. The van der Waals surface area contributed by atoms with Gasteiger partial charge < -0.3 is 16.0 Å². The van der Waals surface area contributed by atoms with Crippen molar-refractivity contribution < 1.29 is 4.79 Å². The lowest BCUT2D eigenvalue weighted by Gasteiger charge is -2.32. The molecule has 0 bridgehead atoms. The summed E-state index contributed by atoms with van der Waals surface area (Å²) in [4.78, 5) is 17.1. The van der Waals surface area contributed by atoms with Crippen molar-refractivity contribution in [2.45, 2.75) is 31.8 Å². The molecule has 1 heterocycles. The molecule has 3 rings (SSSR count). The van der Waals surface area contributed by atoms with Gasteiger partial charge in [-0.3, -0.25) is 9.69 Å². The zero-order chi connectivity index (χ0) is 16.2. The maximum Gasteiger partial charge on any atom is 0.227 e. The average Bonchev–Trinajstić information content (AvgIpc) is 2.97. The van der Waals surface area contributed by atoms with Crippen molar-refractivity contribution in [2.24, 2.45) is 11.7 Å². The van der Waals surface area contributed by atoms with Crippen LogP contribution in [-0.4, -0.2) is 55.0 Å². The van der Waals surface area contributed by atoms with E-state index in [1.54, 1.807) is 0 Å². The molecule has 0 spiro atoms. The van der Waals surface area contributed by atoms with Gasteiger partial charge in [0.1, 0.15) is 0 Å². The minimum Gasteiger partial charge on any atom is -0.328 e. The summed E-state index contributed by atoms with van der Waals surface area (Å²) in [5.41, 5.74) is 8.07. The van der Waals surface area contributed by atoms with Crippen LogP contribution in [-0.2, 0) is 11.3 Å². The first-order chi connectivity index (χ1) is 11.1. The summed E-state index contributed by atoms with van der Waals surface area (Å²) in [7, 11) is 2.17. The highest BCUT2D eigenvalue weighted by atomic mass is 16.1. The predicted octanol–water partition coefficient (Wildman–Crippen LogP) is 1.50. The highest BCUT2D eigenvalue weighted by Crippen LogP contribution is 2.25. The lowest BCUT2D eigenvalue weighted by molar-refractivity contribution is -0.119. The van der Waals surface area contributed by atoms with Gasteiger partial charge in [0.05, 0.1) is 0 Å². The number of anilines is 1. The molecule has 1 aromatic rings. The van der Waals surface area contributed by atoms with Crippen LogP contribution >= 0.6 is 0 Å². The number of carbonyl (C=O) groups is 1. The third-order valence-electron chi connectivity index (χ3n) is 5.04. The molecule has 0 aromatic heterocycles. The van der Waals surface area contributed by atoms with Crippen LogP contribution in [0.2, 0.25) is 0 Å². The molecule has 2 aliphatic rings. The zero-order valence-corrected chi connectivity index (χ0v) is 14.0. The Morgan fingerprint density at radius 3 is 2.74 bits per heavy atom. The molecular formula is C18H28N4O. The number of carbonyl (C=O) groups excluding carboxylic acids is 1. The molecule has 1 aromatic carbocycles. The van der Waals surface area contributed by atoms with E-state index in [2.05, 4.69) is 34.3 Å². The summed E-state index contributed by atoms with van der Waals surface area (Å²) in [6, 6.07) is 8.43. The van der Waals surface area contributed by atoms with Gasteiger partial charge in [0, 0.05) is 50.4 Å². The lowest BCUT2D eigenvalue weighted by Crippen LogP contribution is -2.43. The van der Waals surface area contributed by atoms with Gasteiger partial charge in [0.2, 0.25) is 5.91 Å². The molecule has 126 valence electrons. The number of nitrogens with zero attached hydrogens (tertiary/aromatic N) is 2. The van der Waals surface area contributed by atoms with Crippen molar-refractivity contribution in [1.29, 1.82) is 0 Å². The van der Waals surface area contributed by atoms with E-state index >= 15 is 0 Å². The smallest absolute Gasteiger partial charge is 0.227 e. The van der Waals surface area contributed by atoms with Gasteiger partial charge in [-0.1, -0.05) is 12.1 Å². The Morgan fingerprint density at radius 1 is 1.26 bits per heavy atom. The lowest BCUT2D eigenvalue weighted by atomic mass is 10.1. The van der Waals surface area contributed by atoms with Crippen LogP contribution in [0.5, 0.6) is 0 Å². The topological polar surface area (TPSA) is 61.6 Å². The Kier molecular flexibility index (Phi) is 5.30. The fourth-order valence-electron chi connectivity index (χ4n) is 3.51. The van der Waals surface area contributed by atoms with Crippen LogP contribution in [0.15, 0.2) is 24.3 Å². The maximum absolute atomic E-state index is 12.3. The second kappa shape index (κ2) is 7.43. The van der Waals surface area contributed by atoms with Gasteiger partial charge >= 0.3 is 0 Å². The van der Waals surface area contributed by atoms with E-state index in [4.69, 9.17) is 5.73 Å². The fraction of sp³-hybridized carbons (Fsp3) is 0.611. The third kappa shape index (κ3) is 4.53. The maximum atomic E-state index is 12.3. The second-order valence-corrected chi connectivity index (χ2v) is 7.04. The van der Waals surface area contributed by atoms with Crippen molar-refractivity contribution in [3.63, 3.8) is 0 Å². The van der Waals surface area contributed by atoms with E-state index in [9.17, 15) is 4.79 Å². The molecule has 5 heteroatoms. The number of piperazine rings is 1. The number of rotatable bonds is 4. The molecule has 1 aliphatic heterocycles. The standard InChI is InChI=1S/C18H28N4O/c1-21-7-9-22(10-8-21)13-14-3-2-4-17(11-14)20-18(23)15-5-6-16(19)12-15/h2-4,11,15-16H,5-10,12-13,19H2,1H3,(H,20,23). The molecule has 5 nitrogen and oxygen atoms in total. The van der Waals surface area contributed by atoms with Crippen LogP contribution in [0.3, 0.4) is 0 Å². The van der Waals surface area contributed by atoms with Crippen molar-refractivity contribution in [3.8, 4) is 0 Å². The first kappa shape index (κ1) is 16.4. The third-order valence-corrected chi connectivity index (χ3v) is 5.04. The number of hydrogen-bond donors (Lipinski definition) is 2. The van der Waals surface area contributed by atoms with Crippen molar-refractivity contribution >= 4 is 11.6 Å². The van der Waals surface area contributed by atoms with Crippen LogP contribution in [0.4, 0.5) is 5.69 Å². The van der Waals surface area contributed by atoms with Gasteiger partial charge in [-0.15, -0.1) is 0 Å². The molecule has 1 amide bonds. The fourth-order valence-corrected chi connectivity index (χ4v) is 3.51. The minimum atomic E-state index is 0.0753. The molecule has 2 unspecified atom stereocenters. The molecule has 23 heavy (non-hydrogen) atoms. The monoisotopic (exact) mass is 316 g/mol. The Bertz CT molecular complexity index is 540. The van der Waals surface area contributed by atoms with Gasteiger partial charge in [-0.05, 0) is 44.0 Å². The Balaban J connectivity index is 1.55. The molecule has 2 fully saturated rings. The van der Waals surface area contributed by atoms with E-state index in [0.717, 1.165) is 57.7 Å². The van der Waals surface area contributed by atoms with E-state index < -0.39 is 0 Å². The minimum absolute atomic E-state index is 0.0753. The normalized spacial score (nSPS) is 26.3. The molecule has 1 aliphatic carbocycles. The second-order valence-electron chi connectivity index (χ2n) is 7.04. The first-order valence-electron chi connectivity index (χ1n) is 8.66. The van der Waals surface area contributed by atoms with E-state index in [1.165, 1.54) is 5.56 Å². The first-order valence-corrected chi connectivity index (χ1v) is 8.66. The van der Waals surface area contributed by atoms with Crippen LogP contribution < -0.4 is 11.1 Å². The molecule has 1 saturated heterocycles. The molecule has 3 N–H and O–H groups in total. The van der Waals surface area contributed by atoms with Crippen LogP contribution in [0.25, 0.3) is 0 Å². The molecule has 2 atom stereocenters. The zero-order valence-electron chi connectivity index (χ0n) is 14.0. The number of hydrogen-bond acceptors (Lipinski definition) is 4. The number of benzene rings is 1. The van der Waals surface area contributed by atoms with Crippen LogP contribution in [0.1, 0.15) is 24.8 Å². The van der Waals surface area contributed by atoms with E-state index in [1.807, 2.05) is 12.1 Å². The number of amides is 1. The number of likely N-dealkylation sites (N-methyl/N-ethyl adjacent to an activating group) is 1. The summed E-state index contributed by atoms with van der Waals surface area (Å²) >= 11 is 0. The van der Waals surface area contributed by atoms with Crippen LogP contribution in [0, 0.1) is 5.92 Å². The van der Waals surface area contributed by atoms with E-state index in [-0.39, 0.29) is 17.9 Å². The number of nitrogens with two attached hydrogens (primary N) is 1. The molecule has 1 saturated carbocycles. The Hall–Kier alpha value is -1.43. The van der Waals surface area contributed by atoms with Gasteiger partial charge in [0.15, 0.2) is 0 Å². The van der Waals surface area contributed by atoms with Crippen molar-refractivity contribution in [2.75, 3.05) is 38.5 Å². The average molecular weight is 316 g/mol. The number of nitrogens with one attached hydrogen (secondary N) is 1. The largest absolute Gasteiger partial charge is 0.328 e. The summed E-state index contributed by atoms with van der Waals surface area (Å²) in [6.45, 7) is 5.41. The quantitative estimate of drug-likeness (QED) is 0.884. The van der Waals surface area contributed by atoms with Gasteiger partial charge in [0.25, 0.3) is 0 Å². The molecular weight excluding hydrogens is 288 g/mol. The van der Waals surface area contributed by atoms with Gasteiger partial charge in [-0.2, -0.15) is 0 Å². The Labute approximate surface area is 138 Å². The van der Waals surface area contributed by atoms with Crippen molar-refractivity contribution in [3.05, 3.63) is 29.8 Å². The highest BCUT2D eigenvalue weighted by Gasteiger charge is 2.27. The highest BCUT2D eigenvalue weighted by molar-refractivity contribution is 5.92.